The van der Waals surface area contributed by atoms with Gasteiger partial charge in [0.1, 0.15) is 0 Å². The molecular weight excluding hydrogens is 310 g/mol. The summed E-state index contributed by atoms with van der Waals surface area (Å²) in [6, 6.07) is 18.6. The molecule has 116 valence electrons. The van der Waals surface area contributed by atoms with Crippen LogP contribution in [0.15, 0.2) is 60.7 Å². The highest BCUT2D eigenvalue weighted by molar-refractivity contribution is 6.30. The Hall–Kier alpha value is -2.59. The summed E-state index contributed by atoms with van der Waals surface area (Å²) in [4.78, 5) is 12.4. The molecule has 2 aromatic carbocycles. The number of hydrogen-bond donors (Lipinski definition) is 1. The minimum absolute atomic E-state index is 0.230. The first kappa shape index (κ1) is 15.3. The van der Waals surface area contributed by atoms with Crippen LogP contribution in [0.1, 0.15) is 17.4 Å². The van der Waals surface area contributed by atoms with Crippen molar-refractivity contribution in [3.63, 3.8) is 0 Å². The van der Waals surface area contributed by atoms with Crippen LogP contribution in [0.25, 0.3) is 11.3 Å². The van der Waals surface area contributed by atoms with E-state index in [-0.39, 0.29) is 5.91 Å². The predicted molar refractivity (Wildman–Crippen MR) is 92.7 cm³/mol. The number of hydrogen-bond acceptors (Lipinski definition) is 2. The Morgan fingerprint density at radius 3 is 2.61 bits per heavy atom. The van der Waals surface area contributed by atoms with Crippen LogP contribution in [-0.4, -0.2) is 15.7 Å². The van der Waals surface area contributed by atoms with E-state index in [0.29, 0.717) is 17.3 Å². The Morgan fingerprint density at radius 2 is 1.91 bits per heavy atom. The van der Waals surface area contributed by atoms with Crippen LogP contribution in [-0.2, 0) is 6.54 Å². The average molecular weight is 326 g/mol. The lowest BCUT2D eigenvalue weighted by molar-refractivity contribution is 0.102. The van der Waals surface area contributed by atoms with Gasteiger partial charge in [-0.25, -0.2) is 0 Å². The van der Waals surface area contributed by atoms with E-state index in [1.165, 1.54) is 0 Å². The van der Waals surface area contributed by atoms with Gasteiger partial charge in [-0.05, 0) is 37.3 Å². The Balaban J connectivity index is 1.91. The predicted octanol–water partition coefficient (Wildman–Crippen LogP) is 4.48. The molecule has 1 aromatic heterocycles. The maximum Gasteiger partial charge on any atom is 0.276 e. The van der Waals surface area contributed by atoms with Gasteiger partial charge in [0.2, 0.25) is 0 Å². The number of halogens is 1. The average Bonchev–Trinajstić information content (AvgIpc) is 3.00. The van der Waals surface area contributed by atoms with Crippen molar-refractivity contribution in [1.82, 2.24) is 9.78 Å². The van der Waals surface area contributed by atoms with E-state index in [4.69, 9.17) is 11.6 Å². The summed E-state index contributed by atoms with van der Waals surface area (Å²) in [7, 11) is 0. The molecule has 3 rings (SSSR count). The van der Waals surface area contributed by atoms with Gasteiger partial charge in [0.15, 0.2) is 5.69 Å². The summed E-state index contributed by atoms with van der Waals surface area (Å²) in [5.41, 5.74) is 2.93. The molecule has 1 heterocycles. The number of rotatable bonds is 4. The zero-order valence-electron chi connectivity index (χ0n) is 12.7. The van der Waals surface area contributed by atoms with E-state index >= 15 is 0 Å². The summed E-state index contributed by atoms with van der Waals surface area (Å²) in [5, 5.41) is 7.89. The number of anilines is 1. The van der Waals surface area contributed by atoms with Crippen LogP contribution >= 0.6 is 11.6 Å². The van der Waals surface area contributed by atoms with E-state index in [0.717, 1.165) is 16.9 Å². The molecule has 3 aromatic rings. The second-order valence-corrected chi connectivity index (χ2v) is 5.50. The third kappa shape index (κ3) is 3.43. The third-order valence-electron chi connectivity index (χ3n) is 3.46. The summed E-state index contributed by atoms with van der Waals surface area (Å²) < 4.78 is 1.80. The number of aryl methyl sites for hydroxylation is 1. The smallest absolute Gasteiger partial charge is 0.276 e. The maximum atomic E-state index is 12.4. The largest absolute Gasteiger partial charge is 0.321 e. The second kappa shape index (κ2) is 6.67. The SMILES string of the molecule is CCn1nc(C(=O)Nc2ccccc2)cc1-c1cccc(Cl)c1. The highest BCUT2D eigenvalue weighted by atomic mass is 35.5. The molecule has 0 spiro atoms. The van der Waals surface area contributed by atoms with Gasteiger partial charge in [-0.2, -0.15) is 5.10 Å². The number of amides is 1. The molecule has 0 saturated carbocycles. The third-order valence-corrected chi connectivity index (χ3v) is 3.70. The number of nitrogens with zero attached hydrogens (tertiary/aromatic N) is 2. The molecule has 0 aliphatic rings. The zero-order valence-corrected chi connectivity index (χ0v) is 13.4. The normalized spacial score (nSPS) is 10.5. The molecule has 0 bridgehead atoms. The molecular formula is C18H16ClN3O. The molecule has 0 aliphatic carbocycles. The number of carbonyl (C=O) groups is 1. The van der Waals surface area contributed by atoms with E-state index in [9.17, 15) is 4.79 Å². The molecule has 5 heteroatoms. The van der Waals surface area contributed by atoms with Crippen LogP contribution < -0.4 is 5.32 Å². The summed E-state index contributed by atoms with van der Waals surface area (Å²) in [6.45, 7) is 2.65. The first-order valence-electron chi connectivity index (χ1n) is 7.37. The van der Waals surface area contributed by atoms with Gasteiger partial charge in [0, 0.05) is 22.8 Å². The molecule has 1 N–H and O–H groups in total. The fourth-order valence-corrected chi connectivity index (χ4v) is 2.56. The fourth-order valence-electron chi connectivity index (χ4n) is 2.37. The topological polar surface area (TPSA) is 46.9 Å². The molecule has 0 atom stereocenters. The summed E-state index contributed by atoms with van der Waals surface area (Å²) >= 11 is 6.06. The molecule has 0 fully saturated rings. The molecule has 0 unspecified atom stereocenters. The van der Waals surface area contributed by atoms with Gasteiger partial charge in [-0.1, -0.05) is 41.9 Å². The van der Waals surface area contributed by atoms with Crippen molar-refractivity contribution in [3.05, 3.63) is 71.4 Å². The van der Waals surface area contributed by atoms with Gasteiger partial charge in [-0.3, -0.25) is 9.48 Å². The van der Waals surface area contributed by atoms with Gasteiger partial charge >= 0.3 is 0 Å². The Bertz CT molecular complexity index is 827. The van der Waals surface area contributed by atoms with Gasteiger partial charge in [-0.15, -0.1) is 0 Å². The van der Waals surface area contributed by atoms with E-state index in [2.05, 4.69) is 10.4 Å². The quantitative estimate of drug-likeness (QED) is 0.769. The van der Waals surface area contributed by atoms with Crippen molar-refractivity contribution in [2.45, 2.75) is 13.5 Å². The number of benzene rings is 2. The second-order valence-electron chi connectivity index (χ2n) is 5.06. The Morgan fingerprint density at radius 1 is 1.13 bits per heavy atom. The van der Waals surface area contributed by atoms with Gasteiger partial charge in [0.25, 0.3) is 5.91 Å². The van der Waals surface area contributed by atoms with Crippen molar-refractivity contribution >= 4 is 23.2 Å². The van der Waals surface area contributed by atoms with Gasteiger partial charge < -0.3 is 5.32 Å². The van der Waals surface area contributed by atoms with Crippen LogP contribution in [0.3, 0.4) is 0 Å². The number of nitrogens with one attached hydrogen (secondary N) is 1. The van der Waals surface area contributed by atoms with Crippen molar-refractivity contribution in [2.75, 3.05) is 5.32 Å². The fraction of sp³-hybridized carbons (Fsp3) is 0.111. The first-order chi connectivity index (χ1) is 11.2. The monoisotopic (exact) mass is 325 g/mol. The van der Waals surface area contributed by atoms with Crippen molar-refractivity contribution in [1.29, 1.82) is 0 Å². The minimum atomic E-state index is -0.230. The standard InChI is InChI=1S/C18H16ClN3O/c1-2-22-17(13-7-6-8-14(19)11-13)12-16(21-22)18(23)20-15-9-4-3-5-10-15/h3-12H,2H2,1H3,(H,20,23). The first-order valence-corrected chi connectivity index (χ1v) is 7.75. The van der Waals surface area contributed by atoms with E-state index in [1.54, 1.807) is 10.7 Å². The van der Waals surface area contributed by atoms with Gasteiger partial charge in [0.05, 0.1) is 5.69 Å². The lowest BCUT2D eigenvalue weighted by Gasteiger charge is -2.04. The molecule has 0 saturated heterocycles. The minimum Gasteiger partial charge on any atom is -0.321 e. The van der Waals surface area contributed by atoms with Crippen LogP contribution in [0.2, 0.25) is 5.02 Å². The number of carbonyl (C=O) groups excluding carboxylic acids is 1. The summed E-state index contributed by atoms with van der Waals surface area (Å²) in [6.07, 6.45) is 0. The van der Waals surface area contributed by atoms with Crippen LogP contribution in [0.5, 0.6) is 0 Å². The highest BCUT2D eigenvalue weighted by Crippen LogP contribution is 2.24. The Kier molecular flexibility index (Phi) is 4.44. The molecule has 4 nitrogen and oxygen atoms in total. The zero-order chi connectivity index (χ0) is 16.2. The Labute approximate surface area is 139 Å². The van der Waals surface area contributed by atoms with Crippen LogP contribution in [0, 0.1) is 0 Å². The number of aromatic nitrogens is 2. The highest BCUT2D eigenvalue weighted by Gasteiger charge is 2.15. The van der Waals surface area contributed by atoms with E-state index < -0.39 is 0 Å². The van der Waals surface area contributed by atoms with Crippen molar-refractivity contribution in [2.24, 2.45) is 0 Å². The lowest BCUT2D eigenvalue weighted by atomic mass is 10.1. The maximum absolute atomic E-state index is 12.4. The van der Waals surface area contributed by atoms with Crippen LogP contribution in [0.4, 0.5) is 5.69 Å². The lowest BCUT2D eigenvalue weighted by Crippen LogP contribution is -2.13. The van der Waals surface area contributed by atoms with Crippen molar-refractivity contribution in [3.8, 4) is 11.3 Å². The molecule has 0 aliphatic heterocycles. The molecule has 0 radical (unpaired) electrons. The molecule has 1 amide bonds. The number of para-hydroxylation sites is 1. The van der Waals surface area contributed by atoms with E-state index in [1.807, 2.05) is 61.5 Å². The summed E-state index contributed by atoms with van der Waals surface area (Å²) in [5.74, 6) is -0.230. The molecule has 23 heavy (non-hydrogen) atoms. The van der Waals surface area contributed by atoms with Crippen molar-refractivity contribution < 1.29 is 4.79 Å².